The summed E-state index contributed by atoms with van der Waals surface area (Å²) >= 11 is 0. The van der Waals surface area contributed by atoms with Crippen molar-refractivity contribution in [3.05, 3.63) is 23.3 Å². The molecule has 5 nitrogen and oxygen atoms in total. The number of H-pyrrole nitrogens is 1. The average Bonchev–Trinajstić information content (AvgIpc) is 2.77. The lowest BCUT2D eigenvalue weighted by Gasteiger charge is -2.09. The van der Waals surface area contributed by atoms with Crippen molar-refractivity contribution in [3.63, 3.8) is 0 Å². The molecule has 0 saturated carbocycles. The number of rotatable bonds is 5. The first kappa shape index (κ1) is 13.5. The fourth-order valence-corrected chi connectivity index (χ4v) is 2.19. The highest BCUT2D eigenvalue weighted by molar-refractivity contribution is 5.83. The molecule has 2 aromatic rings. The van der Waals surface area contributed by atoms with Crippen LogP contribution in [0.15, 0.2) is 6.20 Å². The van der Waals surface area contributed by atoms with Crippen LogP contribution in [0.2, 0.25) is 0 Å². The second kappa shape index (κ2) is 5.38. The van der Waals surface area contributed by atoms with Crippen molar-refractivity contribution >= 4 is 17.0 Å². The summed E-state index contributed by atoms with van der Waals surface area (Å²) in [6.07, 6.45) is 3.27. The maximum Gasteiger partial charge on any atom is 0.303 e. The van der Waals surface area contributed by atoms with E-state index in [0.717, 1.165) is 34.5 Å². The molecule has 0 aliphatic heterocycles. The summed E-state index contributed by atoms with van der Waals surface area (Å²) in [5.41, 5.74) is 2.81. The average molecular weight is 261 g/mol. The van der Waals surface area contributed by atoms with Gasteiger partial charge in [0, 0.05) is 24.4 Å². The Morgan fingerprint density at radius 1 is 1.42 bits per heavy atom. The maximum absolute atomic E-state index is 10.7. The van der Waals surface area contributed by atoms with E-state index in [-0.39, 0.29) is 12.3 Å². The molecule has 0 spiro atoms. The van der Waals surface area contributed by atoms with Crippen LogP contribution in [-0.4, -0.2) is 26.0 Å². The summed E-state index contributed by atoms with van der Waals surface area (Å²) in [4.78, 5) is 22.9. The third-order valence-electron chi connectivity index (χ3n) is 3.16. The van der Waals surface area contributed by atoms with Crippen LogP contribution in [0.25, 0.3) is 11.0 Å². The lowest BCUT2D eigenvalue weighted by molar-refractivity contribution is -0.136. The quantitative estimate of drug-likeness (QED) is 0.867. The Labute approximate surface area is 112 Å². The standard InChI is InChI=1S/C14H19N3O2/c1-4-10-16-13(8(2)3)12-9(5-6-11(18)19)7-15-14(12)17-10/h7-8H,4-6H2,1-3H3,(H,18,19)(H,15,16,17). The van der Waals surface area contributed by atoms with Crippen LogP contribution in [0.3, 0.4) is 0 Å². The molecule has 102 valence electrons. The van der Waals surface area contributed by atoms with Gasteiger partial charge >= 0.3 is 5.97 Å². The molecule has 0 amide bonds. The maximum atomic E-state index is 10.7. The first-order valence-electron chi connectivity index (χ1n) is 6.61. The van der Waals surface area contributed by atoms with Crippen molar-refractivity contribution in [2.45, 2.75) is 46.0 Å². The van der Waals surface area contributed by atoms with E-state index in [9.17, 15) is 4.79 Å². The number of nitrogens with zero attached hydrogens (tertiary/aromatic N) is 2. The van der Waals surface area contributed by atoms with Gasteiger partial charge < -0.3 is 10.1 Å². The van der Waals surface area contributed by atoms with Gasteiger partial charge in [-0.15, -0.1) is 0 Å². The van der Waals surface area contributed by atoms with Crippen LogP contribution in [0.1, 0.15) is 50.2 Å². The smallest absolute Gasteiger partial charge is 0.303 e. The Morgan fingerprint density at radius 3 is 2.74 bits per heavy atom. The molecule has 0 unspecified atom stereocenters. The third-order valence-corrected chi connectivity index (χ3v) is 3.16. The SMILES string of the molecule is CCc1nc(C(C)C)c2c(CCC(=O)O)c[nH]c2n1. The van der Waals surface area contributed by atoms with Gasteiger partial charge in [-0.25, -0.2) is 9.97 Å². The minimum atomic E-state index is -0.786. The molecule has 0 radical (unpaired) electrons. The first-order chi connectivity index (χ1) is 9.02. The Hall–Kier alpha value is -1.91. The molecular formula is C14H19N3O2. The van der Waals surface area contributed by atoms with Crippen molar-refractivity contribution in [2.24, 2.45) is 0 Å². The van der Waals surface area contributed by atoms with E-state index in [1.54, 1.807) is 0 Å². The summed E-state index contributed by atoms with van der Waals surface area (Å²) in [5, 5.41) is 9.80. The molecule has 0 saturated heterocycles. The summed E-state index contributed by atoms with van der Waals surface area (Å²) < 4.78 is 0. The minimum Gasteiger partial charge on any atom is -0.481 e. The van der Waals surface area contributed by atoms with Gasteiger partial charge in [-0.2, -0.15) is 0 Å². The van der Waals surface area contributed by atoms with E-state index in [1.165, 1.54) is 0 Å². The highest BCUT2D eigenvalue weighted by Crippen LogP contribution is 2.26. The van der Waals surface area contributed by atoms with Crippen LogP contribution in [0.5, 0.6) is 0 Å². The molecule has 19 heavy (non-hydrogen) atoms. The van der Waals surface area contributed by atoms with Gasteiger partial charge in [0.1, 0.15) is 11.5 Å². The Morgan fingerprint density at radius 2 is 2.16 bits per heavy atom. The van der Waals surface area contributed by atoms with Crippen molar-refractivity contribution in [3.8, 4) is 0 Å². The number of fused-ring (bicyclic) bond motifs is 1. The molecule has 2 N–H and O–H groups in total. The molecule has 2 heterocycles. The number of hydrogen-bond donors (Lipinski definition) is 2. The number of aliphatic carboxylic acids is 1. The van der Waals surface area contributed by atoms with Gasteiger partial charge in [-0.3, -0.25) is 4.79 Å². The van der Waals surface area contributed by atoms with Crippen molar-refractivity contribution in [2.75, 3.05) is 0 Å². The highest BCUT2D eigenvalue weighted by Gasteiger charge is 2.16. The number of carboxylic acid groups (broad SMARTS) is 1. The highest BCUT2D eigenvalue weighted by atomic mass is 16.4. The van der Waals surface area contributed by atoms with Crippen molar-refractivity contribution in [1.82, 2.24) is 15.0 Å². The zero-order valence-electron chi connectivity index (χ0n) is 11.5. The molecule has 0 atom stereocenters. The fourth-order valence-electron chi connectivity index (χ4n) is 2.19. The number of hydrogen-bond acceptors (Lipinski definition) is 3. The summed E-state index contributed by atoms with van der Waals surface area (Å²) in [6.45, 7) is 6.21. The van der Waals surface area contributed by atoms with Crippen LogP contribution in [0, 0.1) is 0 Å². The van der Waals surface area contributed by atoms with Crippen LogP contribution < -0.4 is 0 Å². The fraction of sp³-hybridized carbons (Fsp3) is 0.500. The molecule has 0 aliphatic carbocycles. The zero-order valence-corrected chi connectivity index (χ0v) is 11.5. The van der Waals surface area contributed by atoms with Gasteiger partial charge in [0.2, 0.25) is 0 Å². The molecule has 0 aromatic carbocycles. The van der Waals surface area contributed by atoms with Gasteiger partial charge in [0.25, 0.3) is 0 Å². The number of carbonyl (C=O) groups is 1. The lowest BCUT2D eigenvalue weighted by Crippen LogP contribution is -2.03. The molecule has 2 aromatic heterocycles. The largest absolute Gasteiger partial charge is 0.481 e. The Kier molecular flexibility index (Phi) is 3.83. The Balaban J connectivity index is 2.52. The third kappa shape index (κ3) is 2.75. The van der Waals surface area contributed by atoms with Gasteiger partial charge in [-0.05, 0) is 17.9 Å². The van der Waals surface area contributed by atoms with Gasteiger partial charge in [0.15, 0.2) is 0 Å². The molecule has 0 bridgehead atoms. The first-order valence-corrected chi connectivity index (χ1v) is 6.61. The molecule has 2 rings (SSSR count). The van der Waals surface area contributed by atoms with Gasteiger partial charge in [0.05, 0.1) is 5.69 Å². The zero-order chi connectivity index (χ0) is 14.0. The molecule has 0 fully saturated rings. The summed E-state index contributed by atoms with van der Waals surface area (Å²) in [6, 6.07) is 0. The predicted molar refractivity (Wildman–Crippen MR) is 73.3 cm³/mol. The summed E-state index contributed by atoms with van der Waals surface area (Å²) in [5.74, 6) is 0.324. The predicted octanol–water partition coefficient (Wildman–Crippen LogP) is 2.66. The van der Waals surface area contributed by atoms with Crippen LogP contribution in [0.4, 0.5) is 0 Å². The number of aryl methyl sites for hydroxylation is 2. The number of nitrogens with one attached hydrogen (secondary N) is 1. The van der Waals surface area contributed by atoms with E-state index in [2.05, 4.69) is 28.8 Å². The van der Waals surface area contributed by atoms with E-state index in [0.29, 0.717) is 6.42 Å². The van der Waals surface area contributed by atoms with E-state index >= 15 is 0 Å². The second-order valence-electron chi connectivity index (χ2n) is 4.96. The second-order valence-corrected chi connectivity index (χ2v) is 4.96. The Bertz CT molecular complexity index is 602. The normalized spacial score (nSPS) is 11.4. The van der Waals surface area contributed by atoms with Crippen molar-refractivity contribution in [1.29, 1.82) is 0 Å². The monoisotopic (exact) mass is 261 g/mol. The van der Waals surface area contributed by atoms with Crippen LogP contribution >= 0.6 is 0 Å². The van der Waals surface area contributed by atoms with Crippen molar-refractivity contribution < 1.29 is 9.90 Å². The molecule has 5 heteroatoms. The number of aromatic amines is 1. The lowest BCUT2D eigenvalue weighted by atomic mass is 10.0. The van der Waals surface area contributed by atoms with Crippen LogP contribution in [-0.2, 0) is 17.6 Å². The van der Waals surface area contributed by atoms with E-state index in [4.69, 9.17) is 5.11 Å². The summed E-state index contributed by atoms with van der Waals surface area (Å²) in [7, 11) is 0. The molecule has 0 aliphatic rings. The number of carboxylic acids is 1. The van der Waals surface area contributed by atoms with Gasteiger partial charge in [-0.1, -0.05) is 20.8 Å². The topological polar surface area (TPSA) is 78.9 Å². The minimum absolute atomic E-state index is 0.125. The number of aromatic nitrogens is 3. The van der Waals surface area contributed by atoms with E-state index < -0.39 is 5.97 Å². The van der Waals surface area contributed by atoms with E-state index in [1.807, 2.05) is 13.1 Å². The molecular weight excluding hydrogens is 242 g/mol.